The van der Waals surface area contributed by atoms with Crippen LogP contribution in [0.1, 0.15) is 33.6 Å². The fraction of sp³-hybridized carbons (Fsp3) is 0.889. The van der Waals surface area contributed by atoms with Gasteiger partial charge in [0.15, 0.2) is 0 Å². The van der Waals surface area contributed by atoms with E-state index >= 15 is 0 Å². The Balaban J connectivity index is 2.70. The van der Waals surface area contributed by atoms with Crippen molar-refractivity contribution in [3.8, 4) is 0 Å². The summed E-state index contributed by atoms with van der Waals surface area (Å²) in [5.41, 5.74) is 5.91. The monoisotopic (exact) mass is 155 g/mol. The second kappa shape index (κ2) is 2.59. The Morgan fingerprint density at radius 3 is 2.55 bits per heavy atom. The molecule has 1 rings (SSSR count). The van der Waals surface area contributed by atoms with Crippen molar-refractivity contribution >= 4 is 5.78 Å². The van der Waals surface area contributed by atoms with E-state index < -0.39 is 0 Å². The predicted molar refractivity (Wildman–Crippen MR) is 45.2 cm³/mol. The van der Waals surface area contributed by atoms with Gasteiger partial charge in [-0.3, -0.25) is 4.79 Å². The van der Waals surface area contributed by atoms with Gasteiger partial charge < -0.3 is 5.73 Å². The van der Waals surface area contributed by atoms with Gasteiger partial charge in [-0.25, -0.2) is 0 Å². The van der Waals surface area contributed by atoms with Gasteiger partial charge in [0.2, 0.25) is 0 Å². The van der Waals surface area contributed by atoms with E-state index in [-0.39, 0.29) is 17.2 Å². The van der Waals surface area contributed by atoms with Crippen molar-refractivity contribution in [2.75, 3.05) is 0 Å². The van der Waals surface area contributed by atoms with Crippen LogP contribution in [0.3, 0.4) is 0 Å². The molecule has 1 aliphatic carbocycles. The maximum absolute atomic E-state index is 11.2. The second-order valence-corrected chi connectivity index (χ2v) is 4.37. The van der Waals surface area contributed by atoms with Crippen LogP contribution in [0.25, 0.3) is 0 Å². The molecule has 0 aromatic rings. The predicted octanol–water partition coefficient (Wildman–Crippen LogP) is 1.34. The molecule has 2 heteroatoms. The van der Waals surface area contributed by atoms with E-state index in [2.05, 4.69) is 20.8 Å². The first kappa shape index (κ1) is 8.72. The summed E-state index contributed by atoms with van der Waals surface area (Å²) < 4.78 is 0. The van der Waals surface area contributed by atoms with Gasteiger partial charge in [0.1, 0.15) is 5.78 Å². The van der Waals surface area contributed by atoms with Crippen LogP contribution in [-0.4, -0.2) is 11.8 Å². The largest absolute Gasteiger partial charge is 0.321 e. The van der Waals surface area contributed by atoms with Crippen LogP contribution in [0.15, 0.2) is 0 Å². The Labute approximate surface area is 68.2 Å². The lowest BCUT2D eigenvalue weighted by atomic mass is 9.68. The SMILES string of the molecule is CC1CC(=O)C(N)CC1(C)C. The van der Waals surface area contributed by atoms with Crippen molar-refractivity contribution in [1.29, 1.82) is 0 Å². The third-order valence-electron chi connectivity index (χ3n) is 3.00. The van der Waals surface area contributed by atoms with E-state index in [0.29, 0.717) is 12.3 Å². The highest BCUT2D eigenvalue weighted by molar-refractivity contribution is 5.84. The molecule has 1 saturated carbocycles. The highest BCUT2D eigenvalue weighted by Gasteiger charge is 2.36. The van der Waals surface area contributed by atoms with Gasteiger partial charge in [-0.15, -0.1) is 0 Å². The summed E-state index contributed by atoms with van der Waals surface area (Å²) in [6.07, 6.45) is 1.50. The molecule has 0 aromatic heterocycles. The molecule has 2 unspecified atom stereocenters. The molecule has 2 nitrogen and oxygen atoms in total. The van der Waals surface area contributed by atoms with Gasteiger partial charge in [-0.05, 0) is 17.8 Å². The summed E-state index contributed by atoms with van der Waals surface area (Å²) in [7, 11) is 0. The molecule has 0 aliphatic heterocycles. The molecule has 1 aliphatic rings. The molecule has 0 amide bonds. The molecule has 0 spiro atoms. The first-order valence-electron chi connectivity index (χ1n) is 4.22. The molecule has 0 heterocycles. The van der Waals surface area contributed by atoms with Gasteiger partial charge in [-0.1, -0.05) is 20.8 Å². The van der Waals surface area contributed by atoms with Crippen molar-refractivity contribution in [2.24, 2.45) is 17.1 Å². The van der Waals surface area contributed by atoms with Crippen LogP contribution in [0.4, 0.5) is 0 Å². The minimum absolute atomic E-state index is 0.207. The fourth-order valence-electron chi connectivity index (χ4n) is 1.61. The molecule has 11 heavy (non-hydrogen) atoms. The van der Waals surface area contributed by atoms with Gasteiger partial charge in [0.25, 0.3) is 0 Å². The lowest BCUT2D eigenvalue weighted by Gasteiger charge is -2.38. The van der Waals surface area contributed by atoms with Crippen LogP contribution < -0.4 is 5.73 Å². The number of carbonyl (C=O) groups is 1. The summed E-state index contributed by atoms with van der Waals surface area (Å²) in [4.78, 5) is 11.2. The summed E-state index contributed by atoms with van der Waals surface area (Å²) >= 11 is 0. The third-order valence-corrected chi connectivity index (χ3v) is 3.00. The van der Waals surface area contributed by atoms with Gasteiger partial charge in [0.05, 0.1) is 6.04 Å². The van der Waals surface area contributed by atoms with E-state index in [9.17, 15) is 4.79 Å². The summed E-state index contributed by atoms with van der Waals surface area (Å²) in [5.74, 6) is 0.714. The number of rotatable bonds is 0. The minimum atomic E-state index is -0.207. The Morgan fingerprint density at radius 2 is 2.09 bits per heavy atom. The number of hydrogen-bond donors (Lipinski definition) is 1. The Kier molecular flexibility index (Phi) is 2.06. The van der Waals surface area contributed by atoms with Gasteiger partial charge in [0, 0.05) is 6.42 Å². The number of ketones is 1. The standard InChI is InChI=1S/C9H17NO/c1-6-4-8(11)7(10)5-9(6,2)3/h6-7H,4-5,10H2,1-3H3. The second-order valence-electron chi connectivity index (χ2n) is 4.37. The molecule has 2 atom stereocenters. The highest BCUT2D eigenvalue weighted by Crippen LogP contribution is 2.37. The highest BCUT2D eigenvalue weighted by atomic mass is 16.1. The van der Waals surface area contributed by atoms with Gasteiger partial charge in [-0.2, -0.15) is 0 Å². The number of Topliss-reactive ketones (excluding diaryl/α,β-unsaturated/α-hetero) is 1. The van der Waals surface area contributed by atoms with Crippen LogP contribution in [0, 0.1) is 11.3 Å². The molecule has 64 valence electrons. The molecule has 0 bridgehead atoms. The first-order valence-corrected chi connectivity index (χ1v) is 4.22. The molecule has 1 fully saturated rings. The average Bonchev–Trinajstić information content (AvgIpc) is 1.83. The van der Waals surface area contributed by atoms with E-state index in [1.807, 2.05) is 0 Å². The van der Waals surface area contributed by atoms with E-state index in [0.717, 1.165) is 6.42 Å². The molecule has 2 N–H and O–H groups in total. The molecule has 0 radical (unpaired) electrons. The van der Waals surface area contributed by atoms with E-state index in [1.54, 1.807) is 0 Å². The molecule has 0 aromatic carbocycles. The maximum atomic E-state index is 11.2. The Hall–Kier alpha value is -0.370. The zero-order valence-electron chi connectivity index (χ0n) is 7.55. The third kappa shape index (κ3) is 1.62. The van der Waals surface area contributed by atoms with Crippen molar-refractivity contribution in [3.63, 3.8) is 0 Å². The van der Waals surface area contributed by atoms with Crippen molar-refractivity contribution in [3.05, 3.63) is 0 Å². The normalized spacial score (nSPS) is 37.3. The zero-order valence-corrected chi connectivity index (χ0v) is 7.55. The zero-order chi connectivity index (χ0) is 8.65. The minimum Gasteiger partial charge on any atom is -0.321 e. The summed E-state index contributed by atoms with van der Waals surface area (Å²) in [6.45, 7) is 6.50. The van der Waals surface area contributed by atoms with Crippen molar-refractivity contribution in [1.82, 2.24) is 0 Å². The van der Waals surface area contributed by atoms with Crippen molar-refractivity contribution < 1.29 is 4.79 Å². The smallest absolute Gasteiger partial charge is 0.149 e. The lowest BCUT2D eigenvalue weighted by molar-refractivity contribution is -0.125. The summed E-state index contributed by atoms with van der Waals surface area (Å²) in [5, 5.41) is 0. The molecular formula is C9H17NO. The van der Waals surface area contributed by atoms with Crippen molar-refractivity contribution in [2.45, 2.75) is 39.7 Å². The summed E-state index contributed by atoms with van der Waals surface area (Å²) in [6, 6.07) is -0.207. The number of hydrogen-bond acceptors (Lipinski definition) is 2. The topological polar surface area (TPSA) is 43.1 Å². The fourth-order valence-corrected chi connectivity index (χ4v) is 1.61. The van der Waals surface area contributed by atoms with Crippen LogP contribution in [-0.2, 0) is 4.79 Å². The molecular weight excluding hydrogens is 138 g/mol. The van der Waals surface area contributed by atoms with Crippen LogP contribution in [0.5, 0.6) is 0 Å². The number of nitrogens with two attached hydrogens (primary N) is 1. The Bertz CT molecular complexity index is 174. The Morgan fingerprint density at radius 1 is 1.55 bits per heavy atom. The van der Waals surface area contributed by atoms with E-state index in [1.165, 1.54) is 0 Å². The van der Waals surface area contributed by atoms with Gasteiger partial charge >= 0.3 is 0 Å². The van der Waals surface area contributed by atoms with Crippen LogP contribution >= 0.6 is 0 Å². The first-order chi connectivity index (χ1) is 4.93. The number of carbonyl (C=O) groups excluding carboxylic acids is 1. The van der Waals surface area contributed by atoms with E-state index in [4.69, 9.17) is 5.73 Å². The average molecular weight is 155 g/mol. The lowest BCUT2D eigenvalue weighted by Crippen LogP contribution is -2.44. The maximum Gasteiger partial charge on any atom is 0.149 e. The molecule has 0 saturated heterocycles. The van der Waals surface area contributed by atoms with Crippen LogP contribution in [0.2, 0.25) is 0 Å². The quantitative estimate of drug-likeness (QED) is 0.573.